The van der Waals surface area contributed by atoms with E-state index in [4.69, 9.17) is 4.42 Å². The van der Waals surface area contributed by atoms with Gasteiger partial charge in [-0.15, -0.1) is 22.7 Å². The number of furan rings is 1. The van der Waals surface area contributed by atoms with Crippen LogP contribution in [0.4, 0.5) is 0 Å². The highest BCUT2D eigenvalue weighted by atomic mass is 32.1. The maximum atomic E-state index is 12.9. The van der Waals surface area contributed by atoms with Gasteiger partial charge in [0.05, 0.1) is 17.9 Å². The van der Waals surface area contributed by atoms with Crippen molar-refractivity contribution >= 4 is 28.6 Å². The van der Waals surface area contributed by atoms with Crippen LogP contribution in [0.3, 0.4) is 0 Å². The molecule has 0 spiro atoms. The number of carbonyl (C=O) groups excluding carboxylic acids is 1. The molecule has 1 aliphatic carbocycles. The molecule has 1 saturated carbocycles. The van der Waals surface area contributed by atoms with E-state index in [-0.39, 0.29) is 11.3 Å². The Bertz CT molecular complexity index is 812. The van der Waals surface area contributed by atoms with E-state index in [1.807, 2.05) is 6.07 Å². The third-order valence-electron chi connectivity index (χ3n) is 5.01. The summed E-state index contributed by atoms with van der Waals surface area (Å²) in [4.78, 5) is 16.7. The third kappa shape index (κ3) is 3.31. The third-order valence-corrected chi connectivity index (χ3v) is 7.28. The zero-order valence-corrected chi connectivity index (χ0v) is 15.6. The Hall–Kier alpha value is -1.85. The monoisotopic (exact) mass is 371 g/mol. The largest absolute Gasteiger partial charge is 0.472 e. The van der Waals surface area contributed by atoms with Crippen LogP contribution in [0.5, 0.6) is 0 Å². The SMILES string of the molecule is O=C(NCCc1ccc(-c2ccoc2)s1)C1(c2cccs2)CCCC1. The molecule has 4 rings (SSSR count). The van der Waals surface area contributed by atoms with Crippen molar-refractivity contribution in [3.8, 4) is 10.4 Å². The van der Waals surface area contributed by atoms with E-state index in [0.717, 1.165) is 37.7 Å². The van der Waals surface area contributed by atoms with E-state index in [1.165, 1.54) is 14.6 Å². The van der Waals surface area contributed by atoms with Crippen molar-refractivity contribution in [2.45, 2.75) is 37.5 Å². The predicted octanol–water partition coefficient (Wildman–Crippen LogP) is 5.24. The molecule has 1 aliphatic rings. The molecular weight excluding hydrogens is 350 g/mol. The van der Waals surface area contributed by atoms with Crippen LogP contribution in [-0.4, -0.2) is 12.5 Å². The van der Waals surface area contributed by atoms with Gasteiger partial charge in [-0.2, -0.15) is 0 Å². The number of carbonyl (C=O) groups is 1. The fourth-order valence-corrected chi connectivity index (χ4v) is 5.63. The van der Waals surface area contributed by atoms with Crippen molar-refractivity contribution in [1.82, 2.24) is 5.32 Å². The average molecular weight is 372 g/mol. The molecule has 25 heavy (non-hydrogen) atoms. The number of thiophene rings is 2. The number of hydrogen-bond donors (Lipinski definition) is 1. The zero-order valence-electron chi connectivity index (χ0n) is 14.0. The summed E-state index contributed by atoms with van der Waals surface area (Å²) in [6.45, 7) is 0.692. The molecule has 0 atom stereocenters. The lowest BCUT2D eigenvalue weighted by Crippen LogP contribution is -2.42. The van der Waals surface area contributed by atoms with Gasteiger partial charge >= 0.3 is 0 Å². The second kappa shape index (κ2) is 7.18. The van der Waals surface area contributed by atoms with Crippen molar-refractivity contribution < 1.29 is 9.21 Å². The Morgan fingerprint density at radius 2 is 2.08 bits per heavy atom. The van der Waals surface area contributed by atoms with Gasteiger partial charge in [0.1, 0.15) is 0 Å². The topological polar surface area (TPSA) is 42.2 Å². The number of amides is 1. The van der Waals surface area contributed by atoms with Crippen LogP contribution in [0.25, 0.3) is 10.4 Å². The standard InChI is InChI=1S/C20H21NO2S2/c22-19(20(9-1-2-10-20)18-4-3-13-24-18)21-11-7-16-5-6-17(25-16)15-8-12-23-14-15/h3-6,8,12-14H,1-2,7,9-11H2,(H,21,22). The Labute approximate surface area is 155 Å². The summed E-state index contributed by atoms with van der Waals surface area (Å²) < 4.78 is 5.14. The average Bonchev–Trinajstić information content (AvgIpc) is 3.43. The van der Waals surface area contributed by atoms with Crippen LogP contribution in [-0.2, 0) is 16.6 Å². The van der Waals surface area contributed by atoms with E-state index in [0.29, 0.717) is 6.54 Å². The maximum Gasteiger partial charge on any atom is 0.231 e. The quantitative estimate of drug-likeness (QED) is 0.644. The Morgan fingerprint density at radius 3 is 2.80 bits per heavy atom. The van der Waals surface area contributed by atoms with Crippen LogP contribution < -0.4 is 5.32 Å². The number of hydrogen-bond acceptors (Lipinski definition) is 4. The molecule has 0 unspecified atom stereocenters. The summed E-state index contributed by atoms with van der Waals surface area (Å²) in [7, 11) is 0. The molecule has 0 aliphatic heterocycles. The van der Waals surface area contributed by atoms with Gasteiger partial charge in [-0.25, -0.2) is 0 Å². The minimum absolute atomic E-state index is 0.207. The molecule has 0 bridgehead atoms. The van der Waals surface area contributed by atoms with Gasteiger partial charge in [0.2, 0.25) is 5.91 Å². The molecule has 3 heterocycles. The molecule has 3 aromatic heterocycles. The van der Waals surface area contributed by atoms with E-state index >= 15 is 0 Å². The minimum atomic E-state index is -0.286. The highest BCUT2D eigenvalue weighted by molar-refractivity contribution is 7.15. The smallest absolute Gasteiger partial charge is 0.231 e. The summed E-state index contributed by atoms with van der Waals surface area (Å²) in [6, 6.07) is 10.4. The Morgan fingerprint density at radius 1 is 1.20 bits per heavy atom. The zero-order chi connectivity index (χ0) is 17.1. The van der Waals surface area contributed by atoms with Crippen LogP contribution in [0.1, 0.15) is 35.4 Å². The van der Waals surface area contributed by atoms with Crippen molar-refractivity contribution in [3.63, 3.8) is 0 Å². The van der Waals surface area contributed by atoms with Crippen molar-refractivity contribution in [2.24, 2.45) is 0 Å². The first kappa shape index (κ1) is 16.6. The number of nitrogens with one attached hydrogen (secondary N) is 1. The molecule has 5 heteroatoms. The second-order valence-electron chi connectivity index (χ2n) is 6.55. The maximum absolute atomic E-state index is 12.9. The van der Waals surface area contributed by atoms with Crippen LogP contribution in [0, 0.1) is 0 Å². The van der Waals surface area contributed by atoms with E-state index in [9.17, 15) is 4.79 Å². The molecular formula is C20H21NO2S2. The van der Waals surface area contributed by atoms with Crippen molar-refractivity contribution in [1.29, 1.82) is 0 Å². The fourth-order valence-electron chi connectivity index (χ4n) is 3.66. The fraction of sp³-hybridized carbons (Fsp3) is 0.350. The molecule has 130 valence electrons. The molecule has 1 fully saturated rings. The molecule has 0 saturated heterocycles. The van der Waals surface area contributed by atoms with Gasteiger partial charge in [-0.3, -0.25) is 4.79 Å². The van der Waals surface area contributed by atoms with Gasteiger partial charge in [-0.1, -0.05) is 18.9 Å². The Balaban J connectivity index is 1.37. The summed E-state index contributed by atoms with van der Waals surface area (Å²) in [5.41, 5.74) is 0.828. The lowest BCUT2D eigenvalue weighted by atomic mass is 9.83. The molecule has 3 nitrogen and oxygen atoms in total. The summed E-state index contributed by atoms with van der Waals surface area (Å²) in [5.74, 6) is 0.207. The van der Waals surface area contributed by atoms with Gasteiger partial charge in [0.25, 0.3) is 0 Å². The molecule has 0 aromatic carbocycles. The summed E-state index contributed by atoms with van der Waals surface area (Å²) >= 11 is 3.47. The Kier molecular flexibility index (Phi) is 4.77. The lowest BCUT2D eigenvalue weighted by Gasteiger charge is -2.26. The van der Waals surface area contributed by atoms with Gasteiger partial charge in [0, 0.05) is 26.7 Å². The lowest BCUT2D eigenvalue weighted by molar-refractivity contribution is -0.126. The van der Waals surface area contributed by atoms with Gasteiger partial charge in [0.15, 0.2) is 0 Å². The molecule has 1 amide bonds. The normalized spacial score (nSPS) is 16.2. The first-order chi connectivity index (χ1) is 12.3. The summed E-state index contributed by atoms with van der Waals surface area (Å²) in [5, 5.41) is 5.28. The van der Waals surface area contributed by atoms with Crippen LogP contribution in [0.2, 0.25) is 0 Å². The predicted molar refractivity (Wildman–Crippen MR) is 103 cm³/mol. The van der Waals surface area contributed by atoms with Gasteiger partial charge in [-0.05, 0) is 48.9 Å². The molecule has 0 radical (unpaired) electrons. The van der Waals surface area contributed by atoms with E-state index < -0.39 is 0 Å². The highest BCUT2D eigenvalue weighted by Crippen LogP contribution is 2.43. The van der Waals surface area contributed by atoms with Gasteiger partial charge < -0.3 is 9.73 Å². The second-order valence-corrected chi connectivity index (χ2v) is 8.67. The molecule has 3 aromatic rings. The minimum Gasteiger partial charge on any atom is -0.472 e. The van der Waals surface area contributed by atoms with E-state index in [2.05, 4.69) is 35.0 Å². The first-order valence-corrected chi connectivity index (χ1v) is 10.4. The van der Waals surface area contributed by atoms with Crippen LogP contribution >= 0.6 is 22.7 Å². The molecule has 1 N–H and O–H groups in total. The van der Waals surface area contributed by atoms with Crippen molar-refractivity contribution in [3.05, 3.63) is 58.0 Å². The highest BCUT2D eigenvalue weighted by Gasteiger charge is 2.43. The van der Waals surface area contributed by atoms with E-state index in [1.54, 1.807) is 35.2 Å². The van der Waals surface area contributed by atoms with Crippen LogP contribution in [0.15, 0.2) is 52.7 Å². The first-order valence-electron chi connectivity index (χ1n) is 8.71. The number of rotatable bonds is 6. The van der Waals surface area contributed by atoms with Crippen molar-refractivity contribution in [2.75, 3.05) is 6.54 Å². The summed E-state index contributed by atoms with van der Waals surface area (Å²) in [6.07, 6.45) is 8.57.